The van der Waals surface area contributed by atoms with Gasteiger partial charge in [0.25, 0.3) is 0 Å². The zero-order valence-corrected chi connectivity index (χ0v) is 10.6. The van der Waals surface area contributed by atoms with E-state index in [2.05, 4.69) is 0 Å². The van der Waals surface area contributed by atoms with Crippen molar-refractivity contribution in [3.8, 4) is 0 Å². The summed E-state index contributed by atoms with van der Waals surface area (Å²) in [5, 5.41) is 0. The molecule has 16 heavy (non-hydrogen) atoms. The maximum absolute atomic E-state index is 11.8. The smallest absolute Gasteiger partial charge is 0.214 e. The van der Waals surface area contributed by atoms with Crippen LogP contribution in [0.4, 0.5) is 0 Å². The molecule has 6 heteroatoms. The predicted molar refractivity (Wildman–Crippen MR) is 63.4 cm³/mol. The second-order valence-corrected chi connectivity index (χ2v) is 7.21. The van der Waals surface area contributed by atoms with Crippen LogP contribution in [0.3, 0.4) is 0 Å². The van der Waals surface area contributed by atoms with Crippen LogP contribution >= 0.6 is 11.3 Å². The fraction of sp³-hybridized carbons (Fsp3) is 0.500. The number of carbonyl (C=O) groups is 1. The summed E-state index contributed by atoms with van der Waals surface area (Å²) in [6.45, 7) is 2.38. The maximum Gasteiger partial charge on any atom is 0.214 e. The van der Waals surface area contributed by atoms with E-state index in [1.165, 1.54) is 15.6 Å². The van der Waals surface area contributed by atoms with Crippen molar-refractivity contribution in [2.45, 2.75) is 13.3 Å². The van der Waals surface area contributed by atoms with Gasteiger partial charge in [-0.3, -0.25) is 4.79 Å². The van der Waals surface area contributed by atoms with E-state index in [1.807, 2.05) is 13.0 Å². The molecular formula is C10H13NO3S2. The van der Waals surface area contributed by atoms with Gasteiger partial charge in [0.2, 0.25) is 10.0 Å². The summed E-state index contributed by atoms with van der Waals surface area (Å²) < 4.78 is 24.3. The van der Waals surface area contributed by atoms with Crippen molar-refractivity contribution >= 4 is 27.1 Å². The molecule has 1 aromatic rings. The summed E-state index contributed by atoms with van der Waals surface area (Å²) in [6.07, 6.45) is 0.624. The van der Waals surface area contributed by atoms with Gasteiger partial charge in [-0.1, -0.05) is 0 Å². The van der Waals surface area contributed by atoms with Gasteiger partial charge in [-0.25, -0.2) is 8.42 Å². The van der Waals surface area contributed by atoms with Crippen molar-refractivity contribution in [2.24, 2.45) is 0 Å². The topological polar surface area (TPSA) is 54.5 Å². The molecule has 0 aliphatic carbocycles. The number of rotatable bonds is 3. The lowest BCUT2D eigenvalue weighted by Crippen LogP contribution is -2.31. The molecule has 2 heterocycles. The highest BCUT2D eigenvalue weighted by molar-refractivity contribution is 7.89. The zero-order valence-electron chi connectivity index (χ0n) is 8.97. The van der Waals surface area contributed by atoms with Crippen LogP contribution < -0.4 is 0 Å². The predicted octanol–water partition coefficient (Wildman–Crippen LogP) is 1.27. The van der Waals surface area contributed by atoms with Gasteiger partial charge >= 0.3 is 0 Å². The molecule has 88 valence electrons. The lowest BCUT2D eigenvalue weighted by atomic mass is 10.3. The normalized spacial score (nSPS) is 20.1. The fourth-order valence-electron chi connectivity index (χ4n) is 1.69. The Hall–Kier alpha value is -0.720. The number of sulfonamides is 1. The Kier molecular flexibility index (Phi) is 3.14. The number of ketones is 1. The van der Waals surface area contributed by atoms with E-state index < -0.39 is 10.0 Å². The number of nitrogens with zero attached hydrogens (tertiary/aromatic N) is 1. The Labute approximate surface area is 98.9 Å². The minimum atomic E-state index is -3.17. The van der Waals surface area contributed by atoms with Gasteiger partial charge in [-0.05, 0) is 25.5 Å². The van der Waals surface area contributed by atoms with Gasteiger partial charge in [0.05, 0.1) is 17.2 Å². The molecule has 0 spiro atoms. The molecule has 1 aromatic heterocycles. The summed E-state index contributed by atoms with van der Waals surface area (Å²) >= 11 is 1.41. The minimum absolute atomic E-state index is 0.0116. The average molecular weight is 259 g/mol. The Morgan fingerprint density at radius 3 is 2.75 bits per heavy atom. The van der Waals surface area contributed by atoms with Crippen LogP contribution in [0.15, 0.2) is 12.1 Å². The first kappa shape index (κ1) is 11.8. The molecule has 0 bridgehead atoms. The van der Waals surface area contributed by atoms with Crippen LogP contribution in [-0.2, 0) is 10.0 Å². The van der Waals surface area contributed by atoms with Gasteiger partial charge in [0.15, 0.2) is 5.78 Å². The lowest BCUT2D eigenvalue weighted by molar-refractivity contribution is 0.0973. The zero-order chi connectivity index (χ0) is 11.8. The quantitative estimate of drug-likeness (QED) is 0.768. The summed E-state index contributed by atoms with van der Waals surface area (Å²) in [5.41, 5.74) is 0. The van der Waals surface area contributed by atoms with Crippen molar-refractivity contribution in [3.05, 3.63) is 21.9 Å². The molecule has 0 aromatic carbocycles. The molecule has 0 N–H and O–H groups in total. The van der Waals surface area contributed by atoms with E-state index in [1.54, 1.807) is 6.07 Å². The van der Waals surface area contributed by atoms with Gasteiger partial charge < -0.3 is 0 Å². The number of Topliss-reactive ketones (excluding diaryl/α,β-unsaturated/α-hetero) is 1. The largest absolute Gasteiger partial charge is 0.292 e. The summed E-state index contributed by atoms with van der Waals surface area (Å²) in [7, 11) is -3.17. The second kappa shape index (κ2) is 4.27. The van der Waals surface area contributed by atoms with Crippen molar-refractivity contribution in [3.63, 3.8) is 0 Å². The van der Waals surface area contributed by atoms with Gasteiger partial charge in [-0.2, -0.15) is 4.31 Å². The van der Waals surface area contributed by atoms with Crippen LogP contribution in [0.1, 0.15) is 21.0 Å². The summed E-state index contributed by atoms with van der Waals surface area (Å²) in [6, 6.07) is 3.63. The Morgan fingerprint density at radius 1 is 1.50 bits per heavy atom. The minimum Gasteiger partial charge on any atom is -0.292 e. The molecule has 2 rings (SSSR count). The first-order valence-corrected chi connectivity index (χ1v) is 7.49. The molecule has 1 aliphatic rings. The SMILES string of the molecule is Cc1ccc(C(=O)CN2CCCS2(=O)=O)s1. The third-order valence-electron chi connectivity index (χ3n) is 2.54. The fourth-order valence-corrected chi connectivity index (χ4v) is 3.96. The molecule has 0 amide bonds. The molecule has 0 unspecified atom stereocenters. The first-order chi connectivity index (χ1) is 7.49. The summed E-state index contributed by atoms with van der Waals surface area (Å²) in [4.78, 5) is 13.5. The third-order valence-corrected chi connectivity index (χ3v) is 5.48. The van der Waals surface area contributed by atoms with Crippen LogP contribution in [0.25, 0.3) is 0 Å². The molecule has 4 nitrogen and oxygen atoms in total. The van der Waals surface area contributed by atoms with Crippen molar-refractivity contribution in [2.75, 3.05) is 18.8 Å². The highest BCUT2D eigenvalue weighted by Gasteiger charge is 2.30. The highest BCUT2D eigenvalue weighted by atomic mass is 32.2. The van der Waals surface area contributed by atoms with Crippen molar-refractivity contribution < 1.29 is 13.2 Å². The van der Waals surface area contributed by atoms with E-state index >= 15 is 0 Å². The Bertz CT molecular complexity index is 504. The van der Waals surface area contributed by atoms with Gasteiger partial charge in [0.1, 0.15) is 0 Å². The van der Waals surface area contributed by atoms with Gasteiger partial charge in [-0.15, -0.1) is 11.3 Å². The van der Waals surface area contributed by atoms with Gasteiger partial charge in [0, 0.05) is 11.4 Å². The van der Waals surface area contributed by atoms with E-state index in [9.17, 15) is 13.2 Å². The standard InChI is InChI=1S/C10H13NO3S2/c1-8-3-4-10(15-8)9(12)7-11-5-2-6-16(11,13)14/h3-4H,2,5-7H2,1H3. The third kappa shape index (κ3) is 2.34. The molecule has 0 radical (unpaired) electrons. The highest BCUT2D eigenvalue weighted by Crippen LogP contribution is 2.18. The van der Waals surface area contributed by atoms with Crippen LogP contribution in [0, 0.1) is 6.92 Å². The van der Waals surface area contributed by atoms with Crippen LogP contribution in [-0.4, -0.2) is 37.3 Å². The number of carbonyl (C=O) groups excluding carboxylic acids is 1. The monoisotopic (exact) mass is 259 g/mol. The van der Waals surface area contributed by atoms with E-state index in [-0.39, 0.29) is 18.1 Å². The average Bonchev–Trinajstić information content (AvgIpc) is 2.74. The van der Waals surface area contributed by atoms with Crippen LogP contribution in [0.2, 0.25) is 0 Å². The number of hydrogen-bond acceptors (Lipinski definition) is 4. The van der Waals surface area contributed by atoms with Crippen LogP contribution in [0.5, 0.6) is 0 Å². The molecule has 0 atom stereocenters. The molecular weight excluding hydrogens is 246 g/mol. The van der Waals surface area contributed by atoms with Crippen molar-refractivity contribution in [1.82, 2.24) is 4.31 Å². The lowest BCUT2D eigenvalue weighted by Gasteiger charge is -2.11. The second-order valence-electron chi connectivity index (χ2n) is 3.84. The van der Waals surface area contributed by atoms with E-state index in [4.69, 9.17) is 0 Å². The molecule has 1 fully saturated rings. The molecule has 0 saturated carbocycles. The van der Waals surface area contributed by atoms with Crippen molar-refractivity contribution in [1.29, 1.82) is 0 Å². The summed E-state index contributed by atoms with van der Waals surface area (Å²) in [5.74, 6) is 0.0626. The Morgan fingerprint density at radius 2 is 2.25 bits per heavy atom. The first-order valence-electron chi connectivity index (χ1n) is 5.06. The molecule has 1 saturated heterocycles. The molecule has 1 aliphatic heterocycles. The number of thiophene rings is 1. The van der Waals surface area contributed by atoms with E-state index in [0.717, 1.165) is 4.88 Å². The Balaban J connectivity index is 2.08. The number of aryl methyl sites for hydroxylation is 1. The maximum atomic E-state index is 11.8. The van der Waals surface area contributed by atoms with E-state index in [0.29, 0.717) is 17.8 Å². The number of hydrogen-bond donors (Lipinski definition) is 0.